The molecule has 10 aromatic carbocycles. The lowest BCUT2D eigenvalue weighted by Gasteiger charge is -2.14. The van der Waals surface area contributed by atoms with Crippen LogP contribution in [0.2, 0.25) is 0 Å². The van der Waals surface area contributed by atoms with E-state index >= 15 is 0 Å². The van der Waals surface area contributed by atoms with Gasteiger partial charge in [-0.1, -0.05) is 188 Å². The highest BCUT2D eigenvalue weighted by molar-refractivity contribution is 6.26. The van der Waals surface area contributed by atoms with Crippen molar-refractivity contribution < 1.29 is 4.42 Å². The fraction of sp³-hybridized carbons (Fsp3) is 0. The summed E-state index contributed by atoms with van der Waals surface area (Å²) >= 11 is 0. The van der Waals surface area contributed by atoms with E-state index < -0.39 is 0 Å². The maximum Gasteiger partial charge on any atom is 0.164 e. The number of benzene rings is 10. The van der Waals surface area contributed by atoms with Gasteiger partial charge in [0.25, 0.3) is 0 Å². The van der Waals surface area contributed by atoms with Crippen LogP contribution in [0.4, 0.5) is 0 Å². The van der Waals surface area contributed by atoms with Crippen molar-refractivity contribution in [1.82, 2.24) is 15.0 Å². The smallest absolute Gasteiger partial charge is 0.164 e. The van der Waals surface area contributed by atoms with Gasteiger partial charge in [0.15, 0.2) is 17.5 Å². The van der Waals surface area contributed by atoms with Crippen molar-refractivity contribution in [2.45, 2.75) is 0 Å². The highest BCUT2D eigenvalue weighted by atomic mass is 16.3. The molecule has 0 amide bonds. The molecular formula is C57H35N3O. The SMILES string of the molecule is c1ccc(-c2ccc(-c3nc(-c4ccc(-c5ccccc5)cc4)nc(-c4cc(-c5ccc6c7ccccc7c7ccccc7c6c5)c5c(c4)oc4ccccc45)n3)cc2)cc1. The number of para-hydroxylation sites is 1. The molecule has 0 spiro atoms. The van der Waals surface area contributed by atoms with E-state index in [0.717, 1.165) is 72.0 Å². The summed E-state index contributed by atoms with van der Waals surface area (Å²) in [5.74, 6) is 1.77. The normalized spacial score (nSPS) is 11.6. The zero-order valence-electron chi connectivity index (χ0n) is 33.0. The van der Waals surface area contributed by atoms with Gasteiger partial charge in [-0.15, -0.1) is 0 Å². The second kappa shape index (κ2) is 14.3. The van der Waals surface area contributed by atoms with Crippen molar-refractivity contribution in [1.29, 1.82) is 0 Å². The molecule has 2 heterocycles. The van der Waals surface area contributed by atoms with E-state index in [-0.39, 0.29) is 0 Å². The number of fused-ring (bicyclic) bond motifs is 9. The average molecular weight is 778 g/mol. The summed E-state index contributed by atoms with van der Waals surface area (Å²) in [5.41, 5.74) is 11.0. The van der Waals surface area contributed by atoms with E-state index in [9.17, 15) is 0 Å². The lowest BCUT2D eigenvalue weighted by atomic mass is 9.90. The van der Waals surface area contributed by atoms with Crippen LogP contribution in [0.5, 0.6) is 0 Å². The Bertz CT molecular complexity index is 3480. The van der Waals surface area contributed by atoms with Crippen LogP contribution in [0.1, 0.15) is 0 Å². The summed E-state index contributed by atoms with van der Waals surface area (Å²) in [6, 6.07) is 74.6. The van der Waals surface area contributed by atoms with E-state index in [1.807, 2.05) is 24.3 Å². The number of aromatic nitrogens is 3. The van der Waals surface area contributed by atoms with Gasteiger partial charge in [0.2, 0.25) is 0 Å². The molecule has 0 aliphatic carbocycles. The first-order chi connectivity index (χ1) is 30.2. The summed E-state index contributed by atoms with van der Waals surface area (Å²) < 4.78 is 6.66. The molecule has 284 valence electrons. The first-order valence-electron chi connectivity index (χ1n) is 20.6. The number of rotatable bonds is 6. The van der Waals surface area contributed by atoms with E-state index in [2.05, 4.69) is 188 Å². The largest absolute Gasteiger partial charge is 0.456 e. The van der Waals surface area contributed by atoms with Crippen molar-refractivity contribution in [3.05, 3.63) is 212 Å². The van der Waals surface area contributed by atoms with Gasteiger partial charge in [-0.3, -0.25) is 0 Å². The summed E-state index contributed by atoms with van der Waals surface area (Å²) in [7, 11) is 0. The third-order valence-electron chi connectivity index (χ3n) is 11.9. The van der Waals surface area contributed by atoms with Crippen molar-refractivity contribution in [2.24, 2.45) is 0 Å². The molecule has 4 heteroatoms. The van der Waals surface area contributed by atoms with Gasteiger partial charge in [-0.25, -0.2) is 15.0 Å². The Balaban J connectivity index is 1.07. The van der Waals surface area contributed by atoms with Crippen molar-refractivity contribution in [2.75, 3.05) is 0 Å². The Morgan fingerprint density at radius 2 is 0.639 bits per heavy atom. The molecule has 0 bridgehead atoms. The highest BCUT2D eigenvalue weighted by Gasteiger charge is 2.20. The fourth-order valence-corrected chi connectivity index (χ4v) is 8.93. The standard InChI is InChI=1S/C57H35N3O/c1-3-13-36(14-4-1)38-23-27-40(28-24-38)55-58-56(41-29-25-39(26-30-41)37-15-5-2-6-16-37)60-57(59-55)43-34-50(54-49-21-11-12-22-52(49)61-53(54)35-43)42-31-32-48-46-19-8-7-17-44(46)45-18-9-10-20-47(45)51(48)33-42/h1-35H. The van der Waals surface area contributed by atoms with Crippen LogP contribution < -0.4 is 0 Å². The molecule has 0 aliphatic rings. The third-order valence-corrected chi connectivity index (χ3v) is 11.9. The van der Waals surface area contributed by atoms with Gasteiger partial charge < -0.3 is 4.42 Å². The van der Waals surface area contributed by atoms with Gasteiger partial charge >= 0.3 is 0 Å². The second-order valence-corrected chi connectivity index (χ2v) is 15.5. The van der Waals surface area contributed by atoms with Gasteiger partial charge in [0.05, 0.1) is 0 Å². The zero-order valence-corrected chi connectivity index (χ0v) is 33.0. The van der Waals surface area contributed by atoms with Gasteiger partial charge in [0, 0.05) is 27.5 Å². The maximum absolute atomic E-state index is 6.66. The van der Waals surface area contributed by atoms with Gasteiger partial charge in [-0.2, -0.15) is 0 Å². The third kappa shape index (κ3) is 6.04. The average Bonchev–Trinajstić information content (AvgIpc) is 3.73. The van der Waals surface area contributed by atoms with Crippen molar-refractivity contribution >= 4 is 54.3 Å². The topological polar surface area (TPSA) is 51.8 Å². The molecule has 0 atom stereocenters. The van der Waals surface area contributed by atoms with E-state index in [1.165, 1.54) is 32.3 Å². The lowest BCUT2D eigenvalue weighted by molar-refractivity contribution is 0.669. The molecule has 12 rings (SSSR count). The minimum absolute atomic E-state index is 0.570. The monoisotopic (exact) mass is 777 g/mol. The van der Waals surface area contributed by atoms with Crippen LogP contribution in [0, 0.1) is 0 Å². The number of nitrogens with zero attached hydrogens (tertiary/aromatic N) is 3. The molecule has 0 aliphatic heterocycles. The highest BCUT2D eigenvalue weighted by Crippen LogP contribution is 2.43. The Morgan fingerprint density at radius 3 is 1.18 bits per heavy atom. The molecule has 0 saturated carbocycles. The Hall–Kier alpha value is -8.21. The van der Waals surface area contributed by atoms with Crippen LogP contribution >= 0.6 is 0 Å². The number of furan rings is 1. The minimum Gasteiger partial charge on any atom is -0.456 e. The Kier molecular flexibility index (Phi) is 8.13. The number of hydrogen-bond donors (Lipinski definition) is 0. The lowest BCUT2D eigenvalue weighted by Crippen LogP contribution is -2.00. The van der Waals surface area contributed by atoms with Gasteiger partial charge in [0.1, 0.15) is 11.2 Å². The van der Waals surface area contributed by atoms with Crippen LogP contribution in [0.25, 0.3) is 122 Å². The Labute approximate surface area is 352 Å². The summed E-state index contributed by atoms with van der Waals surface area (Å²) in [5, 5.41) is 9.54. The minimum atomic E-state index is 0.570. The van der Waals surface area contributed by atoms with E-state index in [0.29, 0.717) is 17.5 Å². The first kappa shape index (κ1) is 34.8. The molecular weight excluding hydrogens is 743 g/mol. The summed E-state index contributed by atoms with van der Waals surface area (Å²) in [4.78, 5) is 15.6. The zero-order chi connectivity index (χ0) is 40.3. The molecule has 0 radical (unpaired) electrons. The van der Waals surface area contributed by atoms with Crippen molar-refractivity contribution in [3.63, 3.8) is 0 Å². The number of hydrogen-bond acceptors (Lipinski definition) is 4. The fourth-order valence-electron chi connectivity index (χ4n) is 8.93. The predicted molar refractivity (Wildman–Crippen MR) is 252 cm³/mol. The van der Waals surface area contributed by atoms with Crippen LogP contribution in [0.3, 0.4) is 0 Å². The van der Waals surface area contributed by atoms with Crippen LogP contribution in [-0.4, -0.2) is 15.0 Å². The summed E-state index contributed by atoms with van der Waals surface area (Å²) in [6.07, 6.45) is 0. The molecule has 0 unspecified atom stereocenters. The quantitative estimate of drug-likeness (QED) is 0.158. The summed E-state index contributed by atoms with van der Waals surface area (Å²) in [6.45, 7) is 0. The van der Waals surface area contributed by atoms with E-state index in [1.54, 1.807) is 0 Å². The Morgan fingerprint density at radius 1 is 0.246 bits per heavy atom. The maximum atomic E-state index is 6.66. The van der Waals surface area contributed by atoms with E-state index in [4.69, 9.17) is 19.4 Å². The molecule has 2 aromatic heterocycles. The predicted octanol–water partition coefficient (Wildman–Crippen LogP) is 15.2. The van der Waals surface area contributed by atoms with Crippen LogP contribution in [0.15, 0.2) is 217 Å². The molecule has 12 aromatic rings. The van der Waals surface area contributed by atoms with Crippen LogP contribution in [-0.2, 0) is 0 Å². The first-order valence-corrected chi connectivity index (χ1v) is 20.6. The van der Waals surface area contributed by atoms with Crippen molar-refractivity contribution in [3.8, 4) is 67.5 Å². The molecule has 0 N–H and O–H groups in total. The molecule has 0 saturated heterocycles. The molecule has 4 nitrogen and oxygen atoms in total. The molecule has 61 heavy (non-hydrogen) atoms. The van der Waals surface area contributed by atoms with Gasteiger partial charge in [-0.05, 0) is 90.0 Å². The second-order valence-electron chi connectivity index (χ2n) is 15.5. The molecule has 0 fully saturated rings.